The first kappa shape index (κ1) is 21.3. The van der Waals surface area contributed by atoms with Crippen molar-refractivity contribution in [3.8, 4) is 17.1 Å². The van der Waals surface area contributed by atoms with Gasteiger partial charge >= 0.3 is 0 Å². The van der Waals surface area contributed by atoms with Crippen molar-refractivity contribution in [3.63, 3.8) is 0 Å². The lowest BCUT2D eigenvalue weighted by Gasteiger charge is -2.16. The molecule has 0 saturated heterocycles. The second-order valence-electron chi connectivity index (χ2n) is 6.71. The first-order chi connectivity index (χ1) is 14.5. The number of rotatable bonds is 8. The van der Waals surface area contributed by atoms with E-state index in [1.54, 1.807) is 25.1 Å². The van der Waals surface area contributed by atoms with Crippen LogP contribution in [0.1, 0.15) is 18.2 Å². The zero-order chi connectivity index (χ0) is 21.5. The fourth-order valence-corrected chi connectivity index (χ4v) is 3.24. The third-order valence-corrected chi connectivity index (χ3v) is 4.63. The van der Waals surface area contributed by atoms with Gasteiger partial charge in [-0.1, -0.05) is 42.5 Å². The fourth-order valence-electron chi connectivity index (χ4n) is 3.24. The lowest BCUT2D eigenvalue weighted by atomic mass is 10.1. The van der Waals surface area contributed by atoms with Crippen molar-refractivity contribution in [2.24, 2.45) is 0 Å². The molecule has 0 radical (unpaired) electrons. The minimum atomic E-state index is -0.373. The van der Waals surface area contributed by atoms with Crippen molar-refractivity contribution in [1.82, 2.24) is 9.55 Å². The maximum atomic E-state index is 13.1. The number of hydrogen-bond donors (Lipinski definition) is 2. The number of aryl methyl sites for hydroxylation is 1. The molecule has 156 valence electrons. The van der Waals surface area contributed by atoms with E-state index in [2.05, 4.69) is 10.3 Å². The van der Waals surface area contributed by atoms with Gasteiger partial charge in [0.05, 0.1) is 12.3 Å². The van der Waals surface area contributed by atoms with E-state index in [1.807, 2.05) is 43.3 Å². The van der Waals surface area contributed by atoms with Crippen LogP contribution in [0.4, 0.5) is 5.69 Å². The molecule has 0 fully saturated rings. The Kier molecular flexibility index (Phi) is 6.98. The van der Waals surface area contributed by atoms with Gasteiger partial charge in [-0.3, -0.25) is 14.2 Å². The molecule has 7 nitrogen and oxygen atoms in total. The standard InChI is InChI=1S/C23H25N3O4/c1-3-30-20-12-8-7-11-19(20)25-21(28)15-26-22(17-9-5-4-6-10-17)24-16(2)18(13-14-27)23(26)29/h4-12,27H,3,13-15H2,1-2H3,(H,25,28). The van der Waals surface area contributed by atoms with Crippen LogP contribution in [0.25, 0.3) is 11.4 Å². The first-order valence-electron chi connectivity index (χ1n) is 9.83. The van der Waals surface area contributed by atoms with Crippen LogP contribution in [-0.2, 0) is 17.8 Å². The number of aliphatic hydroxyl groups excluding tert-OH is 1. The van der Waals surface area contributed by atoms with Gasteiger partial charge in [0.1, 0.15) is 18.1 Å². The Bertz CT molecular complexity index is 1080. The lowest BCUT2D eigenvalue weighted by molar-refractivity contribution is -0.116. The summed E-state index contributed by atoms with van der Waals surface area (Å²) in [6.45, 7) is 3.69. The third-order valence-electron chi connectivity index (χ3n) is 4.63. The van der Waals surface area contributed by atoms with Gasteiger partial charge in [-0.25, -0.2) is 4.98 Å². The number of anilines is 1. The second kappa shape index (κ2) is 9.84. The topological polar surface area (TPSA) is 93.4 Å². The summed E-state index contributed by atoms with van der Waals surface area (Å²) < 4.78 is 6.90. The Morgan fingerprint density at radius 1 is 1.13 bits per heavy atom. The van der Waals surface area contributed by atoms with Crippen LogP contribution in [0.3, 0.4) is 0 Å². The van der Waals surface area contributed by atoms with Gasteiger partial charge in [-0.15, -0.1) is 0 Å². The molecular weight excluding hydrogens is 382 g/mol. The zero-order valence-corrected chi connectivity index (χ0v) is 17.1. The average molecular weight is 407 g/mol. The SMILES string of the molecule is CCOc1ccccc1NC(=O)Cn1c(-c2ccccc2)nc(C)c(CCO)c1=O. The Morgan fingerprint density at radius 3 is 2.53 bits per heavy atom. The van der Waals surface area contributed by atoms with E-state index in [4.69, 9.17) is 4.74 Å². The van der Waals surface area contributed by atoms with E-state index in [0.717, 1.165) is 5.56 Å². The van der Waals surface area contributed by atoms with E-state index >= 15 is 0 Å². The van der Waals surface area contributed by atoms with Gasteiger partial charge in [0.25, 0.3) is 5.56 Å². The Balaban J connectivity index is 1.99. The number of amides is 1. The molecule has 0 aliphatic heterocycles. The summed E-state index contributed by atoms with van der Waals surface area (Å²) in [5.74, 6) is 0.599. The highest BCUT2D eigenvalue weighted by Crippen LogP contribution is 2.24. The lowest BCUT2D eigenvalue weighted by Crippen LogP contribution is -2.33. The third kappa shape index (κ3) is 4.75. The summed E-state index contributed by atoms with van der Waals surface area (Å²) in [5.41, 5.74) is 1.89. The van der Waals surface area contributed by atoms with Gasteiger partial charge in [0.15, 0.2) is 0 Å². The predicted molar refractivity (Wildman–Crippen MR) is 116 cm³/mol. The van der Waals surface area contributed by atoms with Crippen molar-refractivity contribution in [2.45, 2.75) is 26.8 Å². The quantitative estimate of drug-likeness (QED) is 0.599. The molecular formula is C23H25N3O4. The minimum absolute atomic E-state index is 0.170. The van der Waals surface area contributed by atoms with Gasteiger partial charge in [-0.05, 0) is 26.0 Å². The molecule has 0 atom stereocenters. The summed E-state index contributed by atoms with van der Waals surface area (Å²) in [6.07, 6.45) is 0.182. The number of carbonyl (C=O) groups is 1. The largest absolute Gasteiger partial charge is 0.492 e. The molecule has 1 amide bonds. The number of aliphatic hydroxyl groups is 1. The maximum Gasteiger partial charge on any atom is 0.257 e. The Labute approximate surface area is 175 Å². The molecule has 1 heterocycles. The molecule has 0 saturated carbocycles. The maximum absolute atomic E-state index is 13.1. The van der Waals surface area contributed by atoms with Crippen molar-refractivity contribution in [2.75, 3.05) is 18.5 Å². The molecule has 0 unspecified atom stereocenters. The van der Waals surface area contributed by atoms with Crippen LogP contribution in [-0.4, -0.2) is 33.8 Å². The summed E-state index contributed by atoms with van der Waals surface area (Å²) in [5, 5.41) is 12.1. The van der Waals surface area contributed by atoms with Crippen LogP contribution >= 0.6 is 0 Å². The van der Waals surface area contributed by atoms with Gasteiger partial charge in [0.2, 0.25) is 5.91 Å². The molecule has 2 N–H and O–H groups in total. The highest BCUT2D eigenvalue weighted by molar-refractivity contribution is 5.92. The van der Waals surface area contributed by atoms with Crippen LogP contribution < -0.4 is 15.6 Å². The van der Waals surface area contributed by atoms with Crippen LogP contribution in [0.15, 0.2) is 59.4 Å². The van der Waals surface area contributed by atoms with E-state index in [-0.39, 0.29) is 31.0 Å². The predicted octanol–water partition coefficient (Wildman–Crippen LogP) is 2.79. The highest BCUT2D eigenvalue weighted by Gasteiger charge is 2.18. The molecule has 0 aliphatic rings. The summed E-state index contributed by atoms with van der Waals surface area (Å²) >= 11 is 0. The molecule has 3 rings (SSSR count). The Morgan fingerprint density at radius 2 is 1.83 bits per heavy atom. The minimum Gasteiger partial charge on any atom is -0.492 e. The van der Waals surface area contributed by atoms with Gasteiger partial charge < -0.3 is 15.2 Å². The normalized spacial score (nSPS) is 10.6. The number of para-hydroxylation sites is 2. The first-order valence-corrected chi connectivity index (χ1v) is 9.83. The van der Waals surface area contributed by atoms with E-state index < -0.39 is 0 Å². The summed E-state index contributed by atoms with van der Waals surface area (Å²) in [6, 6.07) is 16.4. The molecule has 2 aromatic carbocycles. The smallest absolute Gasteiger partial charge is 0.257 e. The monoisotopic (exact) mass is 407 g/mol. The average Bonchev–Trinajstić information content (AvgIpc) is 2.75. The molecule has 0 aliphatic carbocycles. The molecule has 30 heavy (non-hydrogen) atoms. The van der Waals surface area contributed by atoms with E-state index in [9.17, 15) is 14.7 Å². The van der Waals surface area contributed by atoms with Crippen LogP contribution in [0.5, 0.6) is 5.75 Å². The van der Waals surface area contributed by atoms with Crippen LogP contribution in [0, 0.1) is 6.92 Å². The number of hydrogen-bond acceptors (Lipinski definition) is 5. The van der Waals surface area contributed by atoms with Crippen molar-refractivity contribution >= 4 is 11.6 Å². The number of aromatic nitrogens is 2. The number of carbonyl (C=O) groups excluding carboxylic acids is 1. The number of nitrogens with one attached hydrogen (secondary N) is 1. The van der Waals surface area contributed by atoms with E-state index in [0.29, 0.717) is 35.1 Å². The van der Waals surface area contributed by atoms with Gasteiger partial charge in [-0.2, -0.15) is 0 Å². The molecule has 0 bridgehead atoms. The van der Waals surface area contributed by atoms with Crippen LogP contribution in [0.2, 0.25) is 0 Å². The van der Waals surface area contributed by atoms with E-state index in [1.165, 1.54) is 4.57 Å². The molecule has 3 aromatic rings. The van der Waals surface area contributed by atoms with Crippen molar-refractivity contribution in [1.29, 1.82) is 0 Å². The van der Waals surface area contributed by atoms with Crippen molar-refractivity contribution in [3.05, 3.63) is 76.2 Å². The summed E-state index contributed by atoms with van der Waals surface area (Å²) in [7, 11) is 0. The van der Waals surface area contributed by atoms with Gasteiger partial charge in [0, 0.05) is 29.8 Å². The molecule has 7 heteroatoms. The Hall–Kier alpha value is -3.45. The second-order valence-corrected chi connectivity index (χ2v) is 6.71. The number of nitrogens with zero attached hydrogens (tertiary/aromatic N) is 2. The zero-order valence-electron chi connectivity index (χ0n) is 17.1. The molecule has 0 spiro atoms. The van der Waals surface area contributed by atoms with Crippen molar-refractivity contribution < 1.29 is 14.6 Å². The molecule has 1 aromatic heterocycles. The fraction of sp³-hybridized carbons (Fsp3) is 0.261. The highest BCUT2D eigenvalue weighted by atomic mass is 16.5. The number of ether oxygens (including phenoxy) is 1. The summed E-state index contributed by atoms with van der Waals surface area (Å²) in [4.78, 5) is 30.5. The number of benzene rings is 2.